The minimum Gasteiger partial charge on any atom is -0.300 e. The summed E-state index contributed by atoms with van der Waals surface area (Å²) in [7, 11) is 0. The molecule has 0 saturated heterocycles. The van der Waals surface area contributed by atoms with Gasteiger partial charge in [-0.1, -0.05) is 49.8 Å². The molecule has 0 radical (unpaired) electrons. The van der Waals surface area contributed by atoms with Crippen LogP contribution < -0.4 is 0 Å². The van der Waals surface area contributed by atoms with E-state index in [1.165, 1.54) is 28.7 Å². The average molecular weight is 235 g/mol. The SMILES string of the molecule is CCCCC1=CC=C2C(=Cc3ccccc32)C1=N. The number of benzene rings is 1. The molecule has 0 bridgehead atoms. The molecule has 90 valence electrons. The van der Waals surface area contributed by atoms with Crippen molar-refractivity contribution in [2.45, 2.75) is 26.2 Å². The first-order valence-electron chi connectivity index (χ1n) is 6.63. The van der Waals surface area contributed by atoms with Crippen molar-refractivity contribution in [1.82, 2.24) is 0 Å². The maximum atomic E-state index is 8.35. The number of fused-ring (bicyclic) bond motifs is 3. The van der Waals surface area contributed by atoms with Crippen LogP contribution in [0.3, 0.4) is 0 Å². The Kier molecular flexibility index (Phi) is 2.75. The number of hydrogen-bond acceptors (Lipinski definition) is 1. The van der Waals surface area contributed by atoms with Crippen molar-refractivity contribution in [3.05, 3.63) is 58.7 Å². The Labute approximate surface area is 108 Å². The monoisotopic (exact) mass is 235 g/mol. The van der Waals surface area contributed by atoms with Crippen LogP contribution in [0.1, 0.15) is 37.3 Å². The van der Waals surface area contributed by atoms with Crippen molar-refractivity contribution in [3.8, 4) is 0 Å². The van der Waals surface area contributed by atoms with Gasteiger partial charge in [0.1, 0.15) is 0 Å². The fourth-order valence-electron chi connectivity index (χ4n) is 2.65. The van der Waals surface area contributed by atoms with Gasteiger partial charge < -0.3 is 0 Å². The maximum absolute atomic E-state index is 8.35. The Morgan fingerprint density at radius 3 is 2.72 bits per heavy atom. The van der Waals surface area contributed by atoms with Crippen LogP contribution in [0.2, 0.25) is 0 Å². The molecule has 0 saturated carbocycles. The van der Waals surface area contributed by atoms with E-state index in [0.29, 0.717) is 0 Å². The summed E-state index contributed by atoms with van der Waals surface area (Å²) in [5.41, 5.74) is 6.73. The van der Waals surface area contributed by atoms with Gasteiger partial charge in [-0.25, -0.2) is 0 Å². The van der Waals surface area contributed by atoms with Gasteiger partial charge in [0.05, 0.1) is 5.71 Å². The van der Waals surface area contributed by atoms with Gasteiger partial charge in [-0.05, 0) is 41.2 Å². The van der Waals surface area contributed by atoms with Crippen LogP contribution in [0, 0.1) is 5.41 Å². The molecular formula is C17H17N. The van der Waals surface area contributed by atoms with Crippen LogP contribution in [0.5, 0.6) is 0 Å². The van der Waals surface area contributed by atoms with E-state index in [1.54, 1.807) is 0 Å². The molecule has 1 aromatic rings. The molecule has 18 heavy (non-hydrogen) atoms. The smallest absolute Gasteiger partial charge is 0.0650 e. The van der Waals surface area contributed by atoms with Gasteiger partial charge >= 0.3 is 0 Å². The van der Waals surface area contributed by atoms with E-state index in [2.05, 4.69) is 49.4 Å². The van der Waals surface area contributed by atoms with E-state index in [4.69, 9.17) is 5.41 Å². The number of rotatable bonds is 3. The Morgan fingerprint density at radius 1 is 1.06 bits per heavy atom. The van der Waals surface area contributed by atoms with E-state index >= 15 is 0 Å². The molecule has 2 aliphatic carbocycles. The first kappa shape index (κ1) is 11.2. The van der Waals surface area contributed by atoms with Gasteiger partial charge in [-0.15, -0.1) is 0 Å². The molecule has 1 N–H and O–H groups in total. The molecule has 0 amide bonds. The van der Waals surface area contributed by atoms with Crippen molar-refractivity contribution >= 4 is 17.4 Å². The van der Waals surface area contributed by atoms with Crippen LogP contribution in [0.15, 0.2) is 47.6 Å². The third kappa shape index (κ3) is 1.67. The summed E-state index contributed by atoms with van der Waals surface area (Å²) in [5, 5.41) is 8.35. The topological polar surface area (TPSA) is 23.9 Å². The van der Waals surface area contributed by atoms with Gasteiger partial charge in [0.15, 0.2) is 0 Å². The first-order valence-corrected chi connectivity index (χ1v) is 6.63. The lowest BCUT2D eigenvalue weighted by molar-refractivity contribution is 0.802. The summed E-state index contributed by atoms with van der Waals surface area (Å²) >= 11 is 0. The second kappa shape index (κ2) is 4.41. The van der Waals surface area contributed by atoms with E-state index in [9.17, 15) is 0 Å². The second-order valence-corrected chi connectivity index (χ2v) is 4.90. The summed E-state index contributed by atoms with van der Waals surface area (Å²) < 4.78 is 0. The molecule has 0 unspecified atom stereocenters. The standard InChI is InChI=1S/C17H17N/c1-2-3-6-12-9-10-15-14-8-5-4-7-13(14)11-16(15)17(12)18/h4-5,7-11,18H,2-3,6H2,1H3. The molecule has 1 nitrogen and oxygen atoms in total. The van der Waals surface area contributed by atoms with E-state index < -0.39 is 0 Å². The van der Waals surface area contributed by atoms with Crippen molar-refractivity contribution < 1.29 is 0 Å². The molecule has 0 spiro atoms. The molecule has 1 heteroatoms. The van der Waals surface area contributed by atoms with Crippen LogP contribution >= 0.6 is 0 Å². The highest BCUT2D eigenvalue weighted by Crippen LogP contribution is 2.39. The summed E-state index contributed by atoms with van der Waals surface area (Å²) in [6.07, 6.45) is 9.83. The summed E-state index contributed by atoms with van der Waals surface area (Å²) in [6, 6.07) is 8.39. The molecule has 0 fully saturated rings. The maximum Gasteiger partial charge on any atom is 0.0650 e. The Hall–Kier alpha value is -1.89. The van der Waals surface area contributed by atoms with Gasteiger partial charge in [0, 0.05) is 5.57 Å². The molecule has 0 atom stereocenters. The highest BCUT2D eigenvalue weighted by Gasteiger charge is 2.25. The fraction of sp³-hybridized carbons (Fsp3) is 0.235. The van der Waals surface area contributed by atoms with Gasteiger partial charge in [-0.2, -0.15) is 0 Å². The van der Waals surface area contributed by atoms with Gasteiger partial charge in [-0.3, -0.25) is 5.41 Å². The van der Waals surface area contributed by atoms with Crippen LogP contribution in [0.25, 0.3) is 11.6 Å². The lowest BCUT2D eigenvalue weighted by Crippen LogP contribution is -2.08. The Bertz CT molecular complexity index is 600. The lowest BCUT2D eigenvalue weighted by Gasteiger charge is -2.16. The normalized spacial score (nSPS) is 16.7. The third-order valence-electron chi connectivity index (χ3n) is 3.68. The van der Waals surface area contributed by atoms with Crippen molar-refractivity contribution in [3.63, 3.8) is 0 Å². The molecule has 1 aromatic carbocycles. The zero-order valence-electron chi connectivity index (χ0n) is 10.7. The largest absolute Gasteiger partial charge is 0.300 e. The third-order valence-corrected chi connectivity index (χ3v) is 3.68. The number of hydrogen-bond donors (Lipinski definition) is 1. The molecular weight excluding hydrogens is 218 g/mol. The quantitative estimate of drug-likeness (QED) is 0.790. The molecule has 0 aliphatic heterocycles. The van der Waals surface area contributed by atoms with Crippen molar-refractivity contribution in [2.24, 2.45) is 0 Å². The van der Waals surface area contributed by atoms with Crippen molar-refractivity contribution in [1.29, 1.82) is 5.41 Å². The fourth-order valence-corrected chi connectivity index (χ4v) is 2.65. The van der Waals surface area contributed by atoms with Crippen LogP contribution in [-0.2, 0) is 0 Å². The van der Waals surface area contributed by atoms with E-state index in [-0.39, 0.29) is 0 Å². The average Bonchev–Trinajstić information content (AvgIpc) is 2.78. The van der Waals surface area contributed by atoms with Crippen LogP contribution in [-0.4, -0.2) is 5.71 Å². The highest BCUT2D eigenvalue weighted by atomic mass is 14.5. The number of allylic oxidation sites excluding steroid dienone is 5. The molecule has 3 rings (SSSR count). The number of unbranched alkanes of at least 4 members (excludes halogenated alkanes) is 1. The van der Waals surface area contributed by atoms with Crippen molar-refractivity contribution in [2.75, 3.05) is 0 Å². The summed E-state index contributed by atoms with van der Waals surface area (Å²) in [4.78, 5) is 0. The summed E-state index contributed by atoms with van der Waals surface area (Å²) in [5.74, 6) is 0. The molecule has 2 aliphatic rings. The Morgan fingerprint density at radius 2 is 1.89 bits per heavy atom. The van der Waals surface area contributed by atoms with Gasteiger partial charge in [0.2, 0.25) is 0 Å². The molecule has 0 aromatic heterocycles. The zero-order valence-corrected chi connectivity index (χ0v) is 10.7. The highest BCUT2D eigenvalue weighted by molar-refractivity contribution is 6.27. The second-order valence-electron chi connectivity index (χ2n) is 4.90. The Balaban J connectivity index is 1.99. The van der Waals surface area contributed by atoms with Gasteiger partial charge in [0.25, 0.3) is 0 Å². The summed E-state index contributed by atoms with van der Waals surface area (Å²) in [6.45, 7) is 2.19. The predicted molar refractivity (Wildman–Crippen MR) is 77.7 cm³/mol. The lowest BCUT2D eigenvalue weighted by atomic mass is 9.88. The predicted octanol–water partition coefficient (Wildman–Crippen LogP) is 4.62. The minimum atomic E-state index is 0.720. The zero-order chi connectivity index (χ0) is 12.5. The molecule has 0 heterocycles. The van der Waals surface area contributed by atoms with E-state index in [0.717, 1.165) is 24.1 Å². The van der Waals surface area contributed by atoms with E-state index in [1.807, 2.05) is 0 Å². The first-order chi connectivity index (χ1) is 8.81. The number of nitrogens with one attached hydrogen (secondary N) is 1. The minimum absolute atomic E-state index is 0.720. The van der Waals surface area contributed by atoms with Crippen LogP contribution in [0.4, 0.5) is 0 Å².